The van der Waals surface area contributed by atoms with E-state index in [2.05, 4.69) is 0 Å². The van der Waals surface area contributed by atoms with Gasteiger partial charge in [0, 0.05) is 6.08 Å². The normalized spacial score (nSPS) is 24.8. The number of alkyl halides is 1. The number of carbonyl (C=O) groups is 1. The van der Waals surface area contributed by atoms with Crippen molar-refractivity contribution in [3.8, 4) is 0 Å². The molecule has 1 aliphatic carbocycles. The molecule has 0 aromatic rings. The van der Waals surface area contributed by atoms with E-state index in [-0.39, 0.29) is 0 Å². The molecule has 0 saturated heterocycles. The second-order valence-electron chi connectivity index (χ2n) is 2.82. The SMILES string of the molecule is O=C(O)C=C1CCC(F)CC1. The third-order valence-electron chi connectivity index (χ3n) is 1.88. The highest BCUT2D eigenvalue weighted by atomic mass is 19.1. The van der Waals surface area contributed by atoms with Gasteiger partial charge in [-0.3, -0.25) is 0 Å². The molecule has 1 saturated carbocycles. The van der Waals surface area contributed by atoms with Gasteiger partial charge >= 0.3 is 5.97 Å². The Bertz CT molecular complexity index is 177. The Balaban J connectivity index is 2.45. The number of allylic oxidation sites excluding steroid dienone is 1. The van der Waals surface area contributed by atoms with Crippen LogP contribution < -0.4 is 0 Å². The maximum absolute atomic E-state index is 12.5. The fourth-order valence-corrected chi connectivity index (χ4v) is 1.27. The molecule has 0 atom stereocenters. The molecule has 0 aromatic heterocycles. The molecular formula is C8H11FO2. The van der Waals surface area contributed by atoms with E-state index >= 15 is 0 Å². The summed E-state index contributed by atoms with van der Waals surface area (Å²) in [6.07, 6.45) is 2.66. The fraction of sp³-hybridized carbons (Fsp3) is 0.625. The van der Waals surface area contributed by atoms with Crippen molar-refractivity contribution in [2.45, 2.75) is 31.9 Å². The van der Waals surface area contributed by atoms with Crippen LogP contribution in [0.2, 0.25) is 0 Å². The van der Waals surface area contributed by atoms with E-state index in [4.69, 9.17) is 5.11 Å². The van der Waals surface area contributed by atoms with Crippen molar-refractivity contribution in [1.29, 1.82) is 0 Å². The van der Waals surface area contributed by atoms with Crippen LogP contribution in [0.4, 0.5) is 4.39 Å². The van der Waals surface area contributed by atoms with Gasteiger partial charge in [-0.1, -0.05) is 5.57 Å². The highest BCUT2D eigenvalue weighted by Crippen LogP contribution is 2.24. The molecule has 0 spiro atoms. The lowest BCUT2D eigenvalue weighted by atomic mass is 9.93. The van der Waals surface area contributed by atoms with Crippen LogP contribution in [-0.4, -0.2) is 17.2 Å². The third-order valence-corrected chi connectivity index (χ3v) is 1.88. The van der Waals surface area contributed by atoms with Crippen molar-refractivity contribution >= 4 is 5.97 Å². The van der Waals surface area contributed by atoms with Gasteiger partial charge in [0.05, 0.1) is 0 Å². The van der Waals surface area contributed by atoms with Gasteiger partial charge in [-0.05, 0) is 25.7 Å². The van der Waals surface area contributed by atoms with Crippen LogP contribution >= 0.6 is 0 Å². The molecule has 0 radical (unpaired) electrons. The number of rotatable bonds is 1. The second kappa shape index (κ2) is 3.51. The van der Waals surface area contributed by atoms with Gasteiger partial charge in [-0.2, -0.15) is 0 Å². The van der Waals surface area contributed by atoms with Crippen molar-refractivity contribution in [3.05, 3.63) is 11.6 Å². The molecule has 1 N–H and O–H groups in total. The van der Waals surface area contributed by atoms with Gasteiger partial charge in [-0.25, -0.2) is 9.18 Å². The lowest BCUT2D eigenvalue weighted by Crippen LogP contribution is -2.08. The van der Waals surface area contributed by atoms with E-state index in [1.165, 1.54) is 6.08 Å². The lowest BCUT2D eigenvalue weighted by molar-refractivity contribution is -0.131. The van der Waals surface area contributed by atoms with Crippen LogP contribution in [0, 0.1) is 0 Å². The number of carboxylic acids is 1. The molecule has 3 heteroatoms. The van der Waals surface area contributed by atoms with Crippen LogP contribution in [0.1, 0.15) is 25.7 Å². The first-order chi connectivity index (χ1) is 5.18. The van der Waals surface area contributed by atoms with Crippen molar-refractivity contribution < 1.29 is 14.3 Å². The second-order valence-corrected chi connectivity index (χ2v) is 2.82. The zero-order valence-corrected chi connectivity index (χ0v) is 6.22. The van der Waals surface area contributed by atoms with E-state index in [1.54, 1.807) is 0 Å². The summed E-state index contributed by atoms with van der Waals surface area (Å²) in [6.45, 7) is 0. The predicted octanol–water partition coefficient (Wildman–Crippen LogP) is 1.91. The summed E-state index contributed by atoms with van der Waals surface area (Å²) in [5.41, 5.74) is 0.867. The quantitative estimate of drug-likeness (QED) is 0.592. The molecule has 0 bridgehead atoms. The highest BCUT2D eigenvalue weighted by molar-refractivity contribution is 5.80. The van der Waals surface area contributed by atoms with Gasteiger partial charge in [0.25, 0.3) is 0 Å². The molecule has 0 aromatic carbocycles. The smallest absolute Gasteiger partial charge is 0.328 e. The van der Waals surface area contributed by atoms with Crippen LogP contribution in [-0.2, 0) is 4.79 Å². The summed E-state index contributed by atoms with van der Waals surface area (Å²) < 4.78 is 12.5. The number of halogens is 1. The van der Waals surface area contributed by atoms with E-state index in [1.807, 2.05) is 0 Å². The minimum Gasteiger partial charge on any atom is -0.478 e. The molecule has 0 aliphatic heterocycles. The van der Waals surface area contributed by atoms with Crippen molar-refractivity contribution in [1.82, 2.24) is 0 Å². The summed E-state index contributed by atoms with van der Waals surface area (Å²) >= 11 is 0. The topological polar surface area (TPSA) is 37.3 Å². The molecule has 1 rings (SSSR count). The number of hydrogen-bond acceptors (Lipinski definition) is 1. The molecule has 0 heterocycles. The van der Waals surface area contributed by atoms with E-state index < -0.39 is 12.1 Å². The minimum absolute atomic E-state index is 0.485. The molecule has 1 fully saturated rings. The summed E-state index contributed by atoms with van der Waals surface area (Å²) in [5, 5.41) is 8.36. The van der Waals surface area contributed by atoms with Crippen molar-refractivity contribution in [2.75, 3.05) is 0 Å². The summed E-state index contributed by atoms with van der Waals surface area (Å²) in [5.74, 6) is -0.919. The predicted molar refractivity (Wildman–Crippen MR) is 39.1 cm³/mol. The Kier molecular flexibility index (Phi) is 2.63. The van der Waals surface area contributed by atoms with E-state index in [0.717, 1.165) is 5.57 Å². The van der Waals surface area contributed by atoms with E-state index in [0.29, 0.717) is 25.7 Å². The number of aliphatic carboxylic acids is 1. The Morgan fingerprint density at radius 2 is 2.09 bits per heavy atom. The van der Waals surface area contributed by atoms with Gasteiger partial charge in [0.2, 0.25) is 0 Å². The Labute approximate surface area is 64.7 Å². The number of hydrogen-bond donors (Lipinski definition) is 1. The highest BCUT2D eigenvalue weighted by Gasteiger charge is 2.15. The van der Waals surface area contributed by atoms with Crippen molar-refractivity contribution in [3.63, 3.8) is 0 Å². The average molecular weight is 158 g/mol. The van der Waals surface area contributed by atoms with E-state index in [9.17, 15) is 9.18 Å². The zero-order valence-electron chi connectivity index (χ0n) is 6.22. The Morgan fingerprint density at radius 3 is 2.55 bits per heavy atom. The van der Waals surface area contributed by atoms with Crippen molar-refractivity contribution in [2.24, 2.45) is 0 Å². The minimum atomic E-state index is -0.919. The summed E-state index contributed by atoms with van der Waals surface area (Å²) in [4.78, 5) is 10.2. The van der Waals surface area contributed by atoms with Gasteiger partial charge in [0.15, 0.2) is 0 Å². The van der Waals surface area contributed by atoms with Crippen LogP contribution in [0.25, 0.3) is 0 Å². The standard InChI is InChI=1S/C8H11FO2/c9-7-3-1-6(2-4-7)5-8(10)11/h5,7H,1-4H2,(H,10,11). The molecular weight excluding hydrogens is 147 g/mol. The largest absolute Gasteiger partial charge is 0.478 e. The molecule has 1 aliphatic rings. The van der Waals surface area contributed by atoms with Gasteiger partial charge in [-0.15, -0.1) is 0 Å². The van der Waals surface area contributed by atoms with Gasteiger partial charge < -0.3 is 5.11 Å². The Hall–Kier alpha value is -0.860. The summed E-state index contributed by atoms with van der Waals surface area (Å²) in [7, 11) is 0. The third kappa shape index (κ3) is 2.70. The number of carboxylic acid groups (broad SMARTS) is 1. The first-order valence-electron chi connectivity index (χ1n) is 3.75. The Morgan fingerprint density at radius 1 is 1.55 bits per heavy atom. The molecule has 0 unspecified atom stereocenters. The van der Waals surface area contributed by atoms with Crippen LogP contribution in [0.5, 0.6) is 0 Å². The maximum Gasteiger partial charge on any atom is 0.328 e. The molecule has 62 valence electrons. The fourth-order valence-electron chi connectivity index (χ4n) is 1.27. The zero-order chi connectivity index (χ0) is 8.27. The first-order valence-corrected chi connectivity index (χ1v) is 3.75. The monoisotopic (exact) mass is 158 g/mol. The maximum atomic E-state index is 12.5. The lowest BCUT2D eigenvalue weighted by Gasteiger charge is -2.16. The first kappa shape index (κ1) is 8.24. The van der Waals surface area contributed by atoms with Crippen LogP contribution in [0.15, 0.2) is 11.6 Å². The molecule has 0 amide bonds. The summed E-state index contributed by atoms with van der Waals surface area (Å²) in [6, 6.07) is 0. The molecule has 2 nitrogen and oxygen atoms in total. The molecule has 11 heavy (non-hydrogen) atoms. The van der Waals surface area contributed by atoms with Crippen LogP contribution in [0.3, 0.4) is 0 Å². The van der Waals surface area contributed by atoms with Gasteiger partial charge in [0.1, 0.15) is 6.17 Å². The average Bonchev–Trinajstić information content (AvgIpc) is 1.93.